The second kappa shape index (κ2) is 6.66. The Bertz CT molecular complexity index is 269. The Morgan fingerprint density at radius 3 is 2.19 bits per heavy atom. The average molecular weight is 229 g/mol. The summed E-state index contributed by atoms with van der Waals surface area (Å²) in [7, 11) is 3.88. The Morgan fingerprint density at radius 2 is 1.81 bits per heavy atom. The van der Waals surface area contributed by atoms with E-state index in [0.29, 0.717) is 5.57 Å². The first-order valence-electron chi connectivity index (χ1n) is 5.45. The summed E-state index contributed by atoms with van der Waals surface area (Å²) >= 11 is 0. The fourth-order valence-corrected chi connectivity index (χ4v) is 1.31. The Morgan fingerprint density at radius 1 is 1.31 bits per heavy atom. The minimum atomic E-state index is -1.15. The van der Waals surface area contributed by atoms with Crippen molar-refractivity contribution < 1.29 is 14.6 Å². The minimum Gasteiger partial charge on any atom is -0.461 e. The van der Waals surface area contributed by atoms with Gasteiger partial charge in [-0.1, -0.05) is 5.57 Å². The van der Waals surface area contributed by atoms with Crippen LogP contribution in [0, 0.1) is 0 Å². The Kier molecular flexibility index (Phi) is 6.29. The maximum Gasteiger partial charge on any atom is 0.339 e. The van der Waals surface area contributed by atoms with Gasteiger partial charge in [0.15, 0.2) is 6.10 Å². The standard InChI is InChI=1S/C12H23NO3/c1-8(2)16-12(15)11(14)10(4)9(3)7-13(5)6/h8,11,14H,7H2,1-6H3. The van der Waals surface area contributed by atoms with Crippen molar-refractivity contribution in [2.24, 2.45) is 0 Å². The highest BCUT2D eigenvalue weighted by Crippen LogP contribution is 2.11. The van der Waals surface area contributed by atoms with Crippen LogP contribution in [-0.2, 0) is 9.53 Å². The zero-order valence-electron chi connectivity index (χ0n) is 11.1. The summed E-state index contributed by atoms with van der Waals surface area (Å²) in [6.07, 6.45) is -1.36. The molecular formula is C12H23NO3. The van der Waals surface area contributed by atoms with Gasteiger partial charge in [0.1, 0.15) is 0 Å². The van der Waals surface area contributed by atoms with Crippen molar-refractivity contribution >= 4 is 5.97 Å². The molecule has 0 aromatic carbocycles. The molecule has 0 saturated heterocycles. The molecule has 0 aliphatic carbocycles. The Balaban J connectivity index is 4.58. The number of aliphatic hydroxyl groups is 1. The Hall–Kier alpha value is -0.870. The van der Waals surface area contributed by atoms with Gasteiger partial charge in [-0.2, -0.15) is 0 Å². The van der Waals surface area contributed by atoms with E-state index in [1.165, 1.54) is 0 Å². The molecule has 0 aliphatic heterocycles. The molecule has 0 fully saturated rings. The van der Waals surface area contributed by atoms with Gasteiger partial charge in [0, 0.05) is 6.54 Å². The number of carbonyl (C=O) groups is 1. The molecule has 0 aromatic rings. The van der Waals surface area contributed by atoms with E-state index in [2.05, 4.69) is 0 Å². The molecule has 4 heteroatoms. The first-order chi connectivity index (χ1) is 7.25. The summed E-state index contributed by atoms with van der Waals surface area (Å²) < 4.78 is 4.95. The van der Waals surface area contributed by atoms with Crippen LogP contribution in [0.25, 0.3) is 0 Å². The van der Waals surface area contributed by atoms with E-state index in [1.54, 1.807) is 20.8 Å². The summed E-state index contributed by atoms with van der Waals surface area (Å²) in [6, 6.07) is 0. The molecule has 1 unspecified atom stereocenters. The van der Waals surface area contributed by atoms with Crippen LogP contribution in [-0.4, -0.2) is 48.8 Å². The van der Waals surface area contributed by atoms with E-state index in [9.17, 15) is 9.90 Å². The molecule has 94 valence electrons. The fourth-order valence-electron chi connectivity index (χ4n) is 1.31. The molecule has 0 amide bonds. The van der Waals surface area contributed by atoms with Gasteiger partial charge in [-0.15, -0.1) is 0 Å². The predicted molar refractivity (Wildman–Crippen MR) is 64.2 cm³/mol. The topological polar surface area (TPSA) is 49.8 Å². The van der Waals surface area contributed by atoms with Gasteiger partial charge in [0.25, 0.3) is 0 Å². The van der Waals surface area contributed by atoms with E-state index >= 15 is 0 Å². The molecule has 0 aromatic heterocycles. The highest BCUT2D eigenvalue weighted by Gasteiger charge is 2.21. The first-order valence-corrected chi connectivity index (χ1v) is 5.45. The number of rotatable bonds is 5. The number of carbonyl (C=O) groups excluding carboxylic acids is 1. The zero-order valence-corrected chi connectivity index (χ0v) is 11.1. The van der Waals surface area contributed by atoms with Crippen molar-refractivity contribution in [2.75, 3.05) is 20.6 Å². The van der Waals surface area contributed by atoms with Crippen molar-refractivity contribution in [3.05, 3.63) is 11.1 Å². The summed E-state index contributed by atoms with van der Waals surface area (Å²) in [6.45, 7) is 7.90. The first kappa shape index (κ1) is 15.1. The summed E-state index contributed by atoms with van der Waals surface area (Å²) in [5.41, 5.74) is 1.65. The highest BCUT2D eigenvalue weighted by molar-refractivity contribution is 5.78. The van der Waals surface area contributed by atoms with Gasteiger partial charge < -0.3 is 14.7 Å². The van der Waals surface area contributed by atoms with E-state index in [-0.39, 0.29) is 6.10 Å². The molecule has 1 atom stereocenters. The number of esters is 1. The minimum absolute atomic E-state index is 0.205. The van der Waals surface area contributed by atoms with Crippen LogP contribution in [0.2, 0.25) is 0 Å². The molecular weight excluding hydrogens is 206 g/mol. The maximum atomic E-state index is 11.5. The zero-order chi connectivity index (χ0) is 12.9. The van der Waals surface area contributed by atoms with E-state index < -0.39 is 12.1 Å². The van der Waals surface area contributed by atoms with Crippen LogP contribution in [0.4, 0.5) is 0 Å². The van der Waals surface area contributed by atoms with E-state index in [0.717, 1.165) is 12.1 Å². The lowest BCUT2D eigenvalue weighted by Crippen LogP contribution is -2.28. The SMILES string of the molecule is CC(CN(C)C)=C(C)C(O)C(=O)OC(C)C. The van der Waals surface area contributed by atoms with Crippen molar-refractivity contribution in [3.63, 3.8) is 0 Å². The van der Waals surface area contributed by atoms with Gasteiger partial charge in [0.2, 0.25) is 0 Å². The van der Waals surface area contributed by atoms with Gasteiger partial charge in [-0.3, -0.25) is 0 Å². The molecule has 0 aliphatic rings. The number of hydrogen-bond donors (Lipinski definition) is 1. The molecule has 16 heavy (non-hydrogen) atoms. The fraction of sp³-hybridized carbons (Fsp3) is 0.750. The number of likely N-dealkylation sites (N-methyl/N-ethyl adjacent to an activating group) is 1. The van der Waals surface area contributed by atoms with Crippen molar-refractivity contribution in [1.29, 1.82) is 0 Å². The van der Waals surface area contributed by atoms with Gasteiger partial charge in [0.05, 0.1) is 6.10 Å². The largest absolute Gasteiger partial charge is 0.461 e. The predicted octanol–water partition coefficient (Wildman–Crippen LogP) is 1.20. The molecule has 0 rings (SSSR count). The average Bonchev–Trinajstić information content (AvgIpc) is 2.13. The number of ether oxygens (including phenoxy) is 1. The van der Waals surface area contributed by atoms with Gasteiger partial charge in [-0.25, -0.2) is 4.79 Å². The monoisotopic (exact) mass is 229 g/mol. The molecule has 1 N–H and O–H groups in total. The van der Waals surface area contributed by atoms with Gasteiger partial charge in [-0.05, 0) is 47.4 Å². The number of nitrogens with zero attached hydrogens (tertiary/aromatic N) is 1. The third-order valence-corrected chi connectivity index (χ3v) is 2.21. The molecule has 0 spiro atoms. The smallest absolute Gasteiger partial charge is 0.339 e. The van der Waals surface area contributed by atoms with Crippen LogP contribution >= 0.6 is 0 Å². The Labute approximate surface area is 97.9 Å². The van der Waals surface area contributed by atoms with Crippen LogP contribution in [0.1, 0.15) is 27.7 Å². The number of hydrogen-bond acceptors (Lipinski definition) is 4. The highest BCUT2D eigenvalue weighted by atomic mass is 16.6. The van der Waals surface area contributed by atoms with Crippen LogP contribution in [0.5, 0.6) is 0 Å². The van der Waals surface area contributed by atoms with E-state index in [4.69, 9.17) is 4.74 Å². The molecule has 0 bridgehead atoms. The maximum absolute atomic E-state index is 11.5. The third-order valence-electron chi connectivity index (χ3n) is 2.21. The van der Waals surface area contributed by atoms with Crippen molar-refractivity contribution in [1.82, 2.24) is 4.90 Å². The number of aliphatic hydroxyl groups excluding tert-OH is 1. The van der Waals surface area contributed by atoms with Crippen LogP contribution < -0.4 is 0 Å². The summed E-state index contributed by atoms with van der Waals surface area (Å²) in [4.78, 5) is 13.5. The van der Waals surface area contributed by atoms with Crippen molar-refractivity contribution in [3.8, 4) is 0 Å². The summed E-state index contributed by atoms with van der Waals surface area (Å²) in [5.74, 6) is -0.578. The quantitative estimate of drug-likeness (QED) is 0.568. The lowest BCUT2D eigenvalue weighted by Gasteiger charge is -2.17. The van der Waals surface area contributed by atoms with Crippen molar-refractivity contribution in [2.45, 2.75) is 39.9 Å². The second-order valence-corrected chi connectivity index (χ2v) is 4.59. The molecule has 4 nitrogen and oxygen atoms in total. The summed E-state index contributed by atoms with van der Waals surface area (Å²) in [5, 5.41) is 9.77. The second-order valence-electron chi connectivity index (χ2n) is 4.59. The van der Waals surface area contributed by atoms with Crippen LogP contribution in [0.3, 0.4) is 0 Å². The normalized spacial score (nSPS) is 15.1. The van der Waals surface area contributed by atoms with E-state index in [1.807, 2.05) is 25.9 Å². The molecule has 0 radical (unpaired) electrons. The van der Waals surface area contributed by atoms with Gasteiger partial charge >= 0.3 is 5.97 Å². The third kappa shape index (κ3) is 5.28. The molecule has 0 saturated carbocycles. The molecule has 0 heterocycles. The lowest BCUT2D eigenvalue weighted by atomic mass is 10.1. The van der Waals surface area contributed by atoms with Crippen LogP contribution in [0.15, 0.2) is 11.1 Å². The lowest BCUT2D eigenvalue weighted by molar-refractivity contribution is -0.155.